The van der Waals surface area contributed by atoms with Crippen LogP contribution in [-0.4, -0.2) is 19.4 Å². The van der Waals surface area contributed by atoms with Crippen molar-refractivity contribution in [3.63, 3.8) is 0 Å². The summed E-state index contributed by atoms with van der Waals surface area (Å²) in [7, 11) is 0. The molecule has 0 aliphatic heterocycles. The molecule has 2 aliphatic rings. The summed E-state index contributed by atoms with van der Waals surface area (Å²) >= 11 is 0. The zero-order valence-electron chi connectivity index (χ0n) is 16.2. The quantitative estimate of drug-likeness (QED) is 0.594. The van der Waals surface area contributed by atoms with Crippen molar-refractivity contribution in [1.29, 1.82) is 0 Å². The maximum Gasteiger partial charge on any atom is 0.189 e. The third-order valence-corrected chi connectivity index (χ3v) is 6.34. The summed E-state index contributed by atoms with van der Waals surface area (Å²) in [5.41, 5.74) is 9.73. The molecule has 2 N–H and O–H groups in total. The molecule has 3 nitrogen and oxygen atoms in total. The molecule has 1 unspecified atom stereocenters. The van der Waals surface area contributed by atoms with Crippen LogP contribution in [-0.2, 0) is 16.6 Å². The summed E-state index contributed by atoms with van der Waals surface area (Å²) in [6.07, 6.45) is 8.61. The number of hydrogen-bond acceptors (Lipinski definition) is 3. The van der Waals surface area contributed by atoms with Gasteiger partial charge in [-0.2, -0.15) is 0 Å². The molecule has 1 fully saturated rings. The van der Waals surface area contributed by atoms with Crippen molar-refractivity contribution in [2.75, 3.05) is 13.4 Å². The summed E-state index contributed by atoms with van der Waals surface area (Å²) in [6.45, 7) is 7.88. The lowest BCUT2D eigenvalue weighted by molar-refractivity contribution is 0.0106. The van der Waals surface area contributed by atoms with Crippen LogP contribution in [0, 0.1) is 11.8 Å². The number of benzene rings is 1. The summed E-state index contributed by atoms with van der Waals surface area (Å²) in [6, 6.07) is 6.86. The fourth-order valence-corrected chi connectivity index (χ4v) is 4.61. The number of fused-ring (bicyclic) bond motifs is 4. The second-order valence-corrected chi connectivity index (χ2v) is 8.68. The summed E-state index contributed by atoms with van der Waals surface area (Å²) in [5.74, 6) is 2.21. The van der Waals surface area contributed by atoms with Crippen LogP contribution >= 0.6 is 0 Å². The Morgan fingerprint density at radius 1 is 1.24 bits per heavy atom. The van der Waals surface area contributed by atoms with Crippen molar-refractivity contribution in [1.82, 2.24) is 0 Å². The van der Waals surface area contributed by atoms with Crippen molar-refractivity contribution < 1.29 is 9.47 Å². The molecule has 0 saturated heterocycles. The van der Waals surface area contributed by atoms with E-state index in [4.69, 9.17) is 15.2 Å². The lowest BCUT2D eigenvalue weighted by Crippen LogP contribution is -2.52. The Morgan fingerprint density at radius 2 is 2.08 bits per heavy atom. The molecule has 0 radical (unpaired) electrons. The molecule has 1 aromatic rings. The van der Waals surface area contributed by atoms with Crippen molar-refractivity contribution in [2.24, 2.45) is 17.6 Å². The standard InChI is InChI=1S/C22H35NO2/c1-16(2)10-12-24-15-25-19-9-8-17-13-18-7-5-4-6-11-22(3,21(18)23)20(17)14-19/h8-9,14,16,18,21H,4-7,10-13,15,23H2,1-3H3/t18?,21-,22+/m0/s1. The number of ether oxygens (including phenoxy) is 2. The molecule has 0 heterocycles. The average molecular weight is 346 g/mol. The Labute approximate surface area is 153 Å². The maximum absolute atomic E-state index is 6.76. The molecule has 2 bridgehead atoms. The Kier molecular flexibility index (Phi) is 6.06. The lowest BCUT2D eigenvalue weighted by Gasteiger charge is -2.47. The Balaban J connectivity index is 1.71. The van der Waals surface area contributed by atoms with Gasteiger partial charge in [0.25, 0.3) is 0 Å². The van der Waals surface area contributed by atoms with E-state index in [1.54, 1.807) is 0 Å². The van der Waals surface area contributed by atoms with Gasteiger partial charge in [-0.25, -0.2) is 0 Å². The molecule has 3 atom stereocenters. The smallest absolute Gasteiger partial charge is 0.189 e. The van der Waals surface area contributed by atoms with Crippen molar-refractivity contribution in [2.45, 2.75) is 77.2 Å². The van der Waals surface area contributed by atoms with Crippen LogP contribution in [0.4, 0.5) is 0 Å². The second-order valence-electron chi connectivity index (χ2n) is 8.68. The van der Waals surface area contributed by atoms with Gasteiger partial charge in [-0.05, 0) is 60.8 Å². The van der Waals surface area contributed by atoms with E-state index < -0.39 is 0 Å². The molecule has 2 aliphatic carbocycles. The van der Waals surface area contributed by atoms with E-state index in [0.29, 0.717) is 18.6 Å². The van der Waals surface area contributed by atoms with Gasteiger partial charge >= 0.3 is 0 Å². The largest absolute Gasteiger partial charge is 0.468 e. The number of rotatable bonds is 6. The van der Waals surface area contributed by atoms with Crippen molar-refractivity contribution >= 4 is 0 Å². The van der Waals surface area contributed by atoms with Crippen LogP contribution in [0.15, 0.2) is 18.2 Å². The fraction of sp³-hybridized carbons (Fsp3) is 0.727. The maximum atomic E-state index is 6.76. The first-order valence-electron chi connectivity index (χ1n) is 10.1. The molecule has 0 amide bonds. The van der Waals surface area contributed by atoms with Gasteiger partial charge in [-0.1, -0.05) is 46.1 Å². The van der Waals surface area contributed by atoms with E-state index in [9.17, 15) is 0 Å². The number of hydrogen-bond donors (Lipinski definition) is 1. The predicted molar refractivity (Wildman–Crippen MR) is 103 cm³/mol. The van der Waals surface area contributed by atoms with Crippen LogP contribution in [0.1, 0.15) is 70.4 Å². The van der Waals surface area contributed by atoms with Crippen LogP contribution in [0.2, 0.25) is 0 Å². The van der Waals surface area contributed by atoms with E-state index >= 15 is 0 Å². The molecule has 140 valence electrons. The van der Waals surface area contributed by atoms with Gasteiger partial charge in [-0.3, -0.25) is 0 Å². The molecule has 3 heteroatoms. The molecular weight excluding hydrogens is 310 g/mol. The second kappa shape index (κ2) is 8.09. The van der Waals surface area contributed by atoms with Crippen LogP contribution in [0.3, 0.4) is 0 Å². The Bertz CT molecular complexity index is 571. The van der Waals surface area contributed by atoms with Gasteiger partial charge in [-0.15, -0.1) is 0 Å². The highest BCUT2D eigenvalue weighted by Crippen LogP contribution is 2.46. The molecule has 1 saturated carbocycles. The molecule has 0 spiro atoms. The molecule has 25 heavy (non-hydrogen) atoms. The third-order valence-electron chi connectivity index (χ3n) is 6.34. The topological polar surface area (TPSA) is 44.5 Å². The van der Waals surface area contributed by atoms with E-state index in [2.05, 4.69) is 39.0 Å². The van der Waals surface area contributed by atoms with E-state index in [0.717, 1.165) is 25.2 Å². The van der Waals surface area contributed by atoms with Gasteiger partial charge in [0, 0.05) is 11.5 Å². The van der Waals surface area contributed by atoms with Gasteiger partial charge in [0.15, 0.2) is 6.79 Å². The normalized spacial score (nSPS) is 29.0. The van der Waals surface area contributed by atoms with Gasteiger partial charge in [0.2, 0.25) is 0 Å². The van der Waals surface area contributed by atoms with Crippen LogP contribution in [0.5, 0.6) is 5.75 Å². The molecule has 3 rings (SSSR count). The highest BCUT2D eigenvalue weighted by atomic mass is 16.7. The Morgan fingerprint density at radius 3 is 2.88 bits per heavy atom. The minimum Gasteiger partial charge on any atom is -0.468 e. The monoisotopic (exact) mass is 345 g/mol. The van der Waals surface area contributed by atoms with Gasteiger partial charge < -0.3 is 15.2 Å². The summed E-state index contributed by atoms with van der Waals surface area (Å²) < 4.78 is 11.5. The lowest BCUT2D eigenvalue weighted by atomic mass is 9.60. The first kappa shape index (κ1) is 18.7. The van der Waals surface area contributed by atoms with Gasteiger partial charge in [0.1, 0.15) is 5.75 Å². The molecule has 0 aromatic heterocycles. The van der Waals surface area contributed by atoms with E-state index in [1.165, 1.54) is 43.2 Å². The highest BCUT2D eigenvalue weighted by molar-refractivity contribution is 5.44. The zero-order valence-corrected chi connectivity index (χ0v) is 16.2. The highest BCUT2D eigenvalue weighted by Gasteiger charge is 2.43. The number of nitrogens with two attached hydrogens (primary N) is 1. The average Bonchev–Trinajstić information content (AvgIpc) is 2.58. The first-order valence-corrected chi connectivity index (χ1v) is 10.1. The summed E-state index contributed by atoms with van der Waals surface area (Å²) in [5, 5.41) is 0. The minimum atomic E-state index is 0.0799. The SMILES string of the molecule is CC(C)CCOCOc1ccc2c(c1)[C@@]1(C)CCCCCC(C2)[C@@H]1N. The van der Waals surface area contributed by atoms with Crippen LogP contribution in [0.25, 0.3) is 0 Å². The van der Waals surface area contributed by atoms with Crippen molar-refractivity contribution in [3.05, 3.63) is 29.3 Å². The van der Waals surface area contributed by atoms with E-state index in [-0.39, 0.29) is 11.5 Å². The predicted octanol–water partition coefficient (Wildman–Crippen LogP) is 4.81. The third kappa shape index (κ3) is 4.20. The van der Waals surface area contributed by atoms with Gasteiger partial charge in [0.05, 0.1) is 6.61 Å². The first-order chi connectivity index (χ1) is 12.0. The Hall–Kier alpha value is -1.06. The minimum absolute atomic E-state index is 0.0799. The summed E-state index contributed by atoms with van der Waals surface area (Å²) in [4.78, 5) is 0. The van der Waals surface area contributed by atoms with Crippen LogP contribution < -0.4 is 10.5 Å². The van der Waals surface area contributed by atoms with Crippen molar-refractivity contribution in [3.8, 4) is 5.75 Å². The fourth-order valence-electron chi connectivity index (χ4n) is 4.61. The molecule has 1 aromatic carbocycles. The zero-order chi connectivity index (χ0) is 17.9. The van der Waals surface area contributed by atoms with E-state index in [1.807, 2.05) is 0 Å². The molecular formula is C22H35NO2.